The van der Waals surface area contributed by atoms with Gasteiger partial charge in [-0.3, -0.25) is 9.59 Å². The highest BCUT2D eigenvalue weighted by molar-refractivity contribution is 5.82. The van der Waals surface area contributed by atoms with Crippen LogP contribution in [-0.2, 0) is 9.59 Å². The summed E-state index contributed by atoms with van der Waals surface area (Å²) < 4.78 is 5.51. The van der Waals surface area contributed by atoms with E-state index in [1.807, 2.05) is 32.0 Å². The third-order valence-electron chi connectivity index (χ3n) is 2.81. The van der Waals surface area contributed by atoms with E-state index in [4.69, 9.17) is 9.84 Å². The molecule has 0 aliphatic carbocycles. The van der Waals surface area contributed by atoms with E-state index < -0.39 is 5.97 Å². The van der Waals surface area contributed by atoms with E-state index in [1.165, 1.54) is 4.90 Å². The molecule has 19 heavy (non-hydrogen) atoms. The van der Waals surface area contributed by atoms with E-state index in [0.717, 1.165) is 11.1 Å². The Hall–Kier alpha value is -2.04. The smallest absolute Gasteiger partial charge is 0.323 e. The van der Waals surface area contributed by atoms with Gasteiger partial charge in [0.1, 0.15) is 12.3 Å². The fourth-order valence-corrected chi connectivity index (χ4v) is 1.79. The topological polar surface area (TPSA) is 66.8 Å². The molecule has 0 fully saturated rings. The molecule has 0 aromatic heterocycles. The second kappa shape index (κ2) is 6.78. The predicted molar refractivity (Wildman–Crippen MR) is 71.3 cm³/mol. The van der Waals surface area contributed by atoms with Gasteiger partial charge in [0.2, 0.25) is 0 Å². The maximum absolute atomic E-state index is 11.8. The average Bonchev–Trinajstić information content (AvgIpc) is 2.34. The Morgan fingerprint density at radius 3 is 2.32 bits per heavy atom. The van der Waals surface area contributed by atoms with Crippen LogP contribution in [0.1, 0.15) is 18.1 Å². The van der Waals surface area contributed by atoms with Crippen molar-refractivity contribution in [2.75, 3.05) is 19.7 Å². The molecule has 0 saturated carbocycles. The SMILES string of the molecule is CCN(CC(=O)O)C(=O)COc1c(C)cccc1C. The van der Waals surface area contributed by atoms with Crippen molar-refractivity contribution in [3.8, 4) is 5.75 Å². The number of benzene rings is 1. The number of aliphatic carboxylic acids is 1. The van der Waals surface area contributed by atoms with Gasteiger partial charge < -0.3 is 14.7 Å². The van der Waals surface area contributed by atoms with Crippen molar-refractivity contribution in [3.63, 3.8) is 0 Å². The first-order chi connectivity index (χ1) is 8.95. The monoisotopic (exact) mass is 265 g/mol. The van der Waals surface area contributed by atoms with Crippen LogP contribution < -0.4 is 4.74 Å². The van der Waals surface area contributed by atoms with E-state index in [0.29, 0.717) is 12.3 Å². The fourth-order valence-electron chi connectivity index (χ4n) is 1.79. The van der Waals surface area contributed by atoms with Crippen molar-refractivity contribution in [3.05, 3.63) is 29.3 Å². The molecule has 0 aliphatic heterocycles. The van der Waals surface area contributed by atoms with Crippen molar-refractivity contribution >= 4 is 11.9 Å². The predicted octanol–water partition coefficient (Wildman–Crippen LogP) is 1.62. The summed E-state index contributed by atoms with van der Waals surface area (Å²) >= 11 is 0. The number of aryl methyl sites for hydroxylation is 2. The number of para-hydroxylation sites is 1. The number of nitrogens with zero attached hydrogens (tertiary/aromatic N) is 1. The maximum atomic E-state index is 11.8. The van der Waals surface area contributed by atoms with Crippen LogP contribution in [0.3, 0.4) is 0 Å². The minimum atomic E-state index is -1.03. The molecule has 1 rings (SSSR count). The summed E-state index contributed by atoms with van der Waals surface area (Å²) in [6.07, 6.45) is 0. The highest BCUT2D eigenvalue weighted by Gasteiger charge is 2.16. The number of carboxylic acid groups (broad SMARTS) is 1. The molecule has 1 aromatic carbocycles. The van der Waals surface area contributed by atoms with Crippen LogP contribution in [-0.4, -0.2) is 41.6 Å². The molecule has 0 unspecified atom stereocenters. The molecule has 1 aromatic rings. The number of carbonyl (C=O) groups excluding carboxylic acids is 1. The molecular weight excluding hydrogens is 246 g/mol. The zero-order valence-electron chi connectivity index (χ0n) is 11.5. The van der Waals surface area contributed by atoms with E-state index in [9.17, 15) is 9.59 Å². The second-order valence-electron chi connectivity index (χ2n) is 4.31. The molecule has 0 spiro atoms. The molecule has 0 bridgehead atoms. The van der Waals surface area contributed by atoms with Crippen LogP contribution in [0.4, 0.5) is 0 Å². The lowest BCUT2D eigenvalue weighted by Crippen LogP contribution is -2.38. The fraction of sp³-hybridized carbons (Fsp3) is 0.429. The van der Waals surface area contributed by atoms with Gasteiger partial charge in [-0.15, -0.1) is 0 Å². The number of ether oxygens (including phenoxy) is 1. The van der Waals surface area contributed by atoms with Gasteiger partial charge in [-0.05, 0) is 31.9 Å². The van der Waals surface area contributed by atoms with E-state index in [1.54, 1.807) is 6.92 Å². The molecule has 0 saturated heterocycles. The molecule has 104 valence electrons. The van der Waals surface area contributed by atoms with Crippen LogP contribution in [0.2, 0.25) is 0 Å². The summed E-state index contributed by atoms with van der Waals surface area (Å²) in [7, 11) is 0. The Morgan fingerprint density at radius 2 is 1.84 bits per heavy atom. The van der Waals surface area contributed by atoms with Crippen molar-refractivity contribution < 1.29 is 19.4 Å². The van der Waals surface area contributed by atoms with E-state index in [-0.39, 0.29) is 19.1 Å². The van der Waals surface area contributed by atoms with Gasteiger partial charge in [0.05, 0.1) is 0 Å². The third kappa shape index (κ3) is 4.28. The minimum Gasteiger partial charge on any atom is -0.483 e. The second-order valence-corrected chi connectivity index (χ2v) is 4.31. The lowest BCUT2D eigenvalue weighted by atomic mass is 10.1. The van der Waals surface area contributed by atoms with Gasteiger partial charge in [0.25, 0.3) is 5.91 Å². The number of hydrogen-bond acceptors (Lipinski definition) is 3. The largest absolute Gasteiger partial charge is 0.483 e. The Kier molecular flexibility index (Phi) is 5.36. The summed E-state index contributed by atoms with van der Waals surface area (Å²) in [5.41, 5.74) is 1.91. The Labute approximate surface area is 112 Å². The lowest BCUT2D eigenvalue weighted by Gasteiger charge is -2.19. The first-order valence-corrected chi connectivity index (χ1v) is 6.14. The van der Waals surface area contributed by atoms with Crippen LogP contribution in [0, 0.1) is 13.8 Å². The minimum absolute atomic E-state index is 0.146. The number of hydrogen-bond donors (Lipinski definition) is 1. The van der Waals surface area contributed by atoms with Crippen LogP contribution in [0.25, 0.3) is 0 Å². The summed E-state index contributed by atoms with van der Waals surface area (Å²) in [6, 6.07) is 5.73. The number of carbonyl (C=O) groups is 2. The molecular formula is C14H19NO4. The van der Waals surface area contributed by atoms with Gasteiger partial charge >= 0.3 is 5.97 Å². The first kappa shape index (κ1) is 15.0. The Balaban J connectivity index is 2.65. The summed E-state index contributed by atoms with van der Waals surface area (Å²) in [6.45, 7) is 5.45. The zero-order valence-corrected chi connectivity index (χ0v) is 11.5. The maximum Gasteiger partial charge on any atom is 0.323 e. The van der Waals surface area contributed by atoms with Crippen molar-refractivity contribution in [2.45, 2.75) is 20.8 Å². The normalized spacial score (nSPS) is 10.1. The molecule has 0 atom stereocenters. The summed E-state index contributed by atoms with van der Waals surface area (Å²) in [4.78, 5) is 23.7. The Bertz CT molecular complexity index is 450. The first-order valence-electron chi connectivity index (χ1n) is 6.14. The van der Waals surface area contributed by atoms with Crippen molar-refractivity contribution in [1.82, 2.24) is 4.90 Å². The zero-order chi connectivity index (χ0) is 14.4. The standard InChI is InChI=1S/C14H19NO4/c1-4-15(8-13(17)18)12(16)9-19-14-10(2)6-5-7-11(14)3/h5-7H,4,8-9H2,1-3H3,(H,17,18). The average molecular weight is 265 g/mol. The molecule has 5 nitrogen and oxygen atoms in total. The summed E-state index contributed by atoms with van der Waals surface area (Å²) in [5, 5.41) is 8.70. The molecule has 0 heterocycles. The number of carboxylic acids is 1. The number of likely N-dealkylation sites (N-methyl/N-ethyl adjacent to an activating group) is 1. The number of rotatable bonds is 6. The molecule has 1 amide bonds. The van der Waals surface area contributed by atoms with E-state index >= 15 is 0 Å². The van der Waals surface area contributed by atoms with E-state index in [2.05, 4.69) is 0 Å². The molecule has 0 aliphatic rings. The molecule has 0 radical (unpaired) electrons. The van der Waals surface area contributed by atoms with Gasteiger partial charge in [0.15, 0.2) is 6.61 Å². The molecule has 1 N–H and O–H groups in total. The Morgan fingerprint density at radius 1 is 1.26 bits per heavy atom. The quantitative estimate of drug-likeness (QED) is 0.848. The van der Waals surface area contributed by atoms with Gasteiger partial charge in [-0.1, -0.05) is 18.2 Å². The third-order valence-corrected chi connectivity index (χ3v) is 2.81. The van der Waals surface area contributed by atoms with Crippen molar-refractivity contribution in [1.29, 1.82) is 0 Å². The van der Waals surface area contributed by atoms with Crippen LogP contribution in [0.15, 0.2) is 18.2 Å². The lowest BCUT2D eigenvalue weighted by molar-refractivity contribution is -0.145. The highest BCUT2D eigenvalue weighted by Crippen LogP contribution is 2.22. The number of amides is 1. The van der Waals surface area contributed by atoms with Gasteiger partial charge in [-0.2, -0.15) is 0 Å². The molecule has 5 heteroatoms. The highest BCUT2D eigenvalue weighted by atomic mass is 16.5. The van der Waals surface area contributed by atoms with Crippen LogP contribution >= 0.6 is 0 Å². The van der Waals surface area contributed by atoms with Gasteiger partial charge in [-0.25, -0.2) is 0 Å². The van der Waals surface area contributed by atoms with Gasteiger partial charge in [0, 0.05) is 6.54 Å². The summed E-state index contributed by atoms with van der Waals surface area (Å²) in [5.74, 6) is -0.669. The van der Waals surface area contributed by atoms with Crippen LogP contribution in [0.5, 0.6) is 5.75 Å². The van der Waals surface area contributed by atoms with Crippen molar-refractivity contribution in [2.24, 2.45) is 0 Å².